The second-order valence-electron chi connectivity index (χ2n) is 7.10. The zero-order valence-corrected chi connectivity index (χ0v) is 17.7. The second-order valence-corrected chi connectivity index (χ2v) is 8.88. The van der Waals surface area contributed by atoms with E-state index in [1.54, 1.807) is 19.9 Å². The van der Waals surface area contributed by atoms with Gasteiger partial charge in [-0.3, -0.25) is 0 Å². The summed E-state index contributed by atoms with van der Waals surface area (Å²) in [5.74, 6) is 0.0103. The Balaban J connectivity index is 2.07. The predicted molar refractivity (Wildman–Crippen MR) is 112 cm³/mol. The Kier molecular flexibility index (Phi) is 5.31. The van der Waals surface area contributed by atoms with E-state index in [1.807, 2.05) is 43.3 Å². The number of benzene rings is 2. The molecule has 1 unspecified atom stereocenters. The molecule has 28 heavy (non-hydrogen) atoms. The summed E-state index contributed by atoms with van der Waals surface area (Å²) in [6.07, 6.45) is 0.269. The van der Waals surface area contributed by atoms with E-state index in [0.29, 0.717) is 21.9 Å². The molecule has 1 heterocycles. The molecule has 3 rings (SSSR count). The molecule has 2 aromatic carbocycles. The fourth-order valence-corrected chi connectivity index (χ4v) is 4.33. The minimum absolute atomic E-state index is 0.0103. The standard InChI is InChI=1S/C19H23ClN4O3S/c1-11-9-17(25)18(12(2)19(11)20)15-10-16(24(22-15)28(21,26)27)13-5-7-14(8-6-13)23(3)4/h5-9,16,25H,10H2,1-4H3,(H2,21,26,27). The molecule has 0 saturated heterocycles. The van der Waals surface area contributed by atoms with Crippen molar-refractivity contribution < 1.29 is 13.5 Å². The van der Waals surface area contributed by atoms with Crippen molar-refractivity contribution in [3.63, 3.8) is 0 Å². The van der Waals surface area contributed by atoms with Gasteiger partial charge in [0.1, 0.15) is 5.75 Å². The van der Waals surface area contributed by atoms with Gasteiger partial charge < -0.3 is 10.0 Å². The lowest BCUT2D eigenvalue weighted by molar-refractivity contribution is 0.372. The number of nitrogens with two attached hydrogens (primary N) is 1. The SMILES string of the molecule is Cc1cc(O)c(C2=NN(S(N)(=O)=O)C(c3ccc(N(C)C)cc3)C2)c(C)c1Cl. The largest absolute Gasteiger partial charge is 0.507 e. The van der Waals surface area contributed by atoms with E-state index >= 15 is 0 Å². The Morgan fingerprint density at radius 3 is 2.39 bits per heavy atom. The number of hydrogen-bond donors (Lipinski definition) is 2. The number of hydrogen-bond acceptors (Lipinski definition) is 5. The minimum atomic E-state index is -4.09. The molecule has 150 valence electrons. The fourth-order valence-electron chi connectivity index (χ4n) is 3.42. The maximum absolute atomic E-state index is 12.2. The molecule has 3 N–H and O–H groups in total. The first-order valence-electron chi connectivity index (χ1n) is 8.66. The predicted octanol–water partition coefficient (Wildman–Crippen LogP) is 3.08. The van der Waals surface area contributed by atoms with Crippen LogP contribution >= 0.6 is 11.6 Å². The quantitative estimate of drug-likeness (QED) is 0.790. The minimum Gasteiger partial charge on any atom is -0.507 e. The van der Waals surface area contributed by atoms with Crippen molar-refractivity contribution in [2.75, 3.05) is 19.0 Å². The summed E-state index contributed by atoms with van der Waals surface area (Å²) < 4.78 is 25.2. The number of halogens is 1. The first-order valence-corrected chi connectivity index (χ1v) is 10.5. The average molecular weight is 423 g/mol. The average Bonchev–Trinajstić information content (AvgIpc) is 3.05. The number of anilines is 1. The van der Waals surface area contributed by atoms with Crippen LogP contribution in [-0.2, 0) is 10.2 Å². The van der Waals surface area contributed by atoms with Gasteiger partial charge in [0.2, 0.25) is 0 Å². The van der Waals surface area contributed by atoms with E-state index in [9.17, 15) is 13.5 Å². The molecule has 2 aromatic rings. The van der Waals surface area contributed by atoms with E-state index in [1.165, 1.54) is 0 Å². The summed E-state index contributed by atoms with van der Waals surface area (Å²) in [4.78, 5) is 1.95. The number of phenolic OH excluding ortho intramolecular Hbond substituents is 1. The van der Waals surface area contributed by atoms with Crippen LogP contribution in [0.4, 0.5) is 5.69 Å². The van der Waals surface area contributed by atoms with Crippen LogP contribution in [0.1, 0.15) is 34.7 Å². The summed E-state index contributed by atoms with van der Waals surface area (Å²) in [7, 11) is -0.239. The molecule has 0 aromatic heterocycles. The zero-order chi connectivity index (χ0) is 20.8. The van der Waals surface area contributed by atoms with Gasteiger partial charge in [0.15, 0.2) is 0 Å². The smallest absolute Gasteiger partial charge is 0.314 e. The zero-order valence-electron chi connectivity index (χ0n) is 16.1. The molecule has 0 fully saturated rings. The molecular formula is C19H23ClN4O3S. The van der Waals surface area contributed by atoms with Gasteiger partial charge >= 0.3 is 10.2 Å². The van der Waals surface area contributed by atoms with E-state index < -0.39 is 16.3 Å². The molecule has 9 heteroatoms. The van der Waals surface area contributed by atoms with E-state index in [4.69, 9.17) is 16.7 Å². The van der Waals surface area contributed by atoms with Crippen LogP contribution in [0.3, 0.4) is 0 Å². The topological polar surface area (TPSA) is 99.2 Å². The molecule has 1 aliphatic heterocycles. The van der Waals surface area contributed by atoms with Crippen LogP contribution in [-0.4, -0.2) is 37.7 Å². The van der Waals surface area contributed by atoms with Crippen molar-refractivity contribution in [1.82, 2.24) is 4.41 Å². The van der Waals surface area contributed by atoms with Crippen LogP contribution in [0.5, 0.6) is 5.75 Å². The first-order chi connectivity index (χ1) is 13.0. The van der Waals surface area contributed by atoms with Crippen molar-refractivity contribution in [2.24, 2.45) is 10.2 Å². The highest BCUT2D eigenvalue weighted by Gasteiger charge is 2.36. The van der Waals surface area contributed by atoms with E-state index in [2.05, 4.69) is 5.10 Å². The number of phenols is 1. The third kappa shape index (κ3) is 3.67. The molecule has 0 amide bonds. The lowest BCUT2D eigenvalue weighted by Gasteiger charge is -2.21. The molecule has 1 aliphatic rings. The Labute approximate surface area is 170 Å². The highest BCUT2D eigenvalue weighted by atomic mass is 35.5. The second kappa shape index (κ2) is 7.27. The van der Waals surface area contributed by atoms with Crippen LogP contribution in [0.15, 0.2) is 35.4 Å². The molecule has 7 nitrogen and oxygen atoms in total. The summed E-state index contributed by atoms with van der Waals surface area (Å²) in [5, 5.41) is 20.6. The van der Waals surface area contributed by atoms with Gasteiger partial charge in [0.25, 0.3) is 0 Å². The molecule has 0 saturated carbocycles. The number of aryl methyl sites for hydroxylation is 1. The number of aromatic hydroxyl groups is 1. The molecule has 0 aliphatic carbocycles. The summed E-state index contributed by atoms with van der Waals surface area (Å²) in [6, 6.07) is 8.46. The van der Waals surface area contributed by atoms with Gasteiger partial charge in [-0.05, 0) is 48.7 Å². The Hall–Kier alpha value is -2.29. The lowest BCUT2D eigenvalue weighted by Crippen LogP contribution is -2.33. The Bertz CT molecular complexity index is 1050. The first kappa shape index (κ1) is 20.4. The van der Waals surface area contributed by atoms with E-state index in [-0.39, 0.29) is 12.2 Å². The highest BCUT2D eigenvalue weighted by molar-refractivity contribution is 7.86. The third-order valence-corrected chi connectivity index (χ3v) is 6.32. The molecule has 0 spiro atoms. The molecule has 1 atom stereocenters. The van der Waals surface area contributed by atoms with Crippen LogP contribution < -0.4 is 10.0 Å². The molecular weight excluding hydrogens is 400 g/mol. The summed E-state index contributed by atoms with van der Waals surface area (Å²) in [6.45, 7) is 3.56. The van der Waals surface area contributed by atoms with Crippen molar-refractivity contribution >= 4 is 33.2 Å². The fraction of sp³-hybridized carbons (Fsp3) is 0.316. The van der Waals surface area contributed by atoms with Crippen LogP contribution in [0.2, 0.25) is 5.02 Å². The number of rotatable bonds is 4. The van der Waals surface area contributed by atoms with Crippen molar-refractivity contribution in [3.8, 4) is 5.75 Å². The van der Waals surface area contributed by atoms with Gasteiger partial charge in [-0.15, -0.1) is 0 Å². The Morgan fingerprint density at radius 2 is 1.86 bits per heavy atom. The highest BCUT2D eigenvalue weighted by Crippen LogP contribution is 2.39. The van der Waals surface area contributed by atoms with Crippen LogP contribution in [0.25, 0.3) is 0 Å². The van der Waals surface area contributed by atoms with Gasteiger partial charge in [0, 0.05) is 36.8 Å². The summed E-state index contributed by atoms with van der Waals surface area (Å²) >= 11 is 6.33. The van der Waals surface area contributed by atoms with Gasteiger partial charge in [-0.2, -0.15) is 17.9 Å². The van der Waals surface area contributed by atoms with Crippen molar-refractivity contribution in [1.29, 1.82) is 0 Å². The van der Waals surface area contributed by atoms with Crippen molar-refractivity contribution in [2.45, 2.75) is 26.3 Å². The maximum atomic E-state index is 12.2. The van der Waals surface area contributed by atoms with Gasteiger partial charge in [-0.1, -0.05) is 23.7 Å². The monoisotopic (exact) mass is 422 g/mol. The van der Waals surface area contributed by atoms with Crippen molar-refractivity contribution in [3.05, 3.63) is 57.6 Å². The third-order valence-electron chi connectivity index (χ3n) is 4.88. The summed E-state index contributed by atoms with van der Waals surface area (Å²) in [5.41, 5.74) is 4.00. The van der Waals surface area contributed by atoms with E-state index in [0.717, 1.165) is 21.2 Å². The Morgan fingerprint density at radius 1 is 1.25 bits per heavy atom. The lowest BCUT2D eigenvalue weighted by atomic mass is 9.94. The van der Waals surface area contributed by atoms with Gasteiger partial charge in [0.05, 0.1) is 11.8 Å². The normalized spacial score (nSPS) is 17.0. The van der Waals surface area contributed by atoms with Gasteiger partial charge in [-0.25, -0.2) is 5.14 Å². The molecule has 0 radical (unpaired) electrons. The number of hydrazone groups is 1. The molecule has 0 bridgehead atoms. The maximum Gasteiger partial charge on any atom is 0.314 e. The number of nitrogens with zero attached hydrogens (tertiary/aromatic N) is 3. The van der Waals surface area contributed by atoms with Crippen LogP contribution in [0, 0.1) is 13.8 Å².